The molecule has 1 fully saturated rings. The van der Waals surface area contributed by atoms with Gasteiger partial charge in [0.2, 0.25) is 0 Å². The summed E-state index contributed by atoms with van der Waals surface area (Å²) in [6.45, 7) is 12.5. The highest BCUT2D eigenvalue weighted by Gasteiger charge is 2.32. The summed E-state index contributed by atoms with van der Waals surface area (Å²) in [5.41, 5.74) is 3.10. The molecular weight excluding hydrogens is 246 g/mol. The molecule has 1 aromatic heterocycles. The molecule has 3 nitrogen and oxygen atoms in total. The molecule has 0 amide bonds. The first-order chi connectivity index (χ1) is 9.20. The third-order valence-electron chi connectivity index (χ3n) is 4.66. The fourth-order valence-electron chi connectivity index (χ4n) is 3.40. The van der Waals surface area contributed by atoms with Crippen LogP contribution in [0.25, 0.3) is 0 Å². The Morgan fingerprint density at radius 3 is 2.65 bits per heavy atom. The zero-order valence-electron chi connectivity index (χ0n) is 14.1. The molecule has 1 heterocycles. The van der Waals surface area contributed by atoms with Crippen LogP contribution in [0.4, 0.5) is 0 Å². The standard InChI is InChI=1S/C17H31N3/c1-16(2,3)15-13(12-20(6)19-15)11-18-14-9-7-8-10-17(14,4)5/h12,14,18H,7-11H2,1-6H3. The Balaban J connectivity index is 2.07. The molecule has 0 saturated heterocycles. The Bertz CT molecular complexity index is 451. The van der Waals surface area contributed by atoms with Crippen molar-refractivity contribution in [2.75, 3.05) is 0 Å². The van der Waals surface area contributed by atoms with Crippen LogP contribution >= 0.6 is 0 Å². The average molecular weight is 277 g/mol. The minimum Gasteiger partial charge on any atom is -0.309 e. The van der Waals surface area contributed by atoms with Crippen molar-refractivity contribution in [1.29, 1.82) is 0 Å². The Kier molecular flexibility index (Phi) is 4.29. The molecule has 0 radical (unpaired) electrons. The van der Waals surface area contributed by atoms with E-state index in [0.717, 1.165) is 6.54 Å². The number of aryl methyl sites for hydroxylation is 1. The summed E-state index contributed by atoms with van der Waals surface area (Å²) in [5.74, 6) is 0. The van der Waals surface area contributed by atoms with Gasteiger partial charge in [-0.05, 0) is 18.3 Å². The molecule has 0 aromatic carbocycles. The Morgan fingerprint density at radius 2 is 2.05 bits per heavy atom. The molecule has 20 heavy (non-hydrogen) atoms. The van der Waals surface area contributed by atoms with Gasteiger partial charge in [-0.15, -0.1) is 0 Å². The zero-order chi connectivity index (χ0) is 15.0. The van der Waals surface area contributed by atoms with Crippen molar-refractivity contribution in [2.24, 2.45) is 12.5 Å². The fraction of sp³-hybridized carbons (Fsp3) is 0.824. The van der Waals surface area contributed by atoms with Crippen LogP contribution in [0, 0.1) is 5.41 Å². The number of hydrogen-bond donors (Lipinski definition) is 1. The molecule has 1 aromatic rings. The second-order valence-electron chi connectivity index (χ2n) is 8.09. The zero-order valence-corrected chi connectivity index (χ0v) is 14.1. The van der Waals surface area contributed by atoms with E-state index in [2.05, 4.69) is 51.2 Å². The number of nitrogens with one attached hydrogen (secondary N) is 1. The Morgan fingerprint density at radius 1 is 1.35 bits per heavy atom. The van der Waals surface area contributed by atoms with E-state index >= 15 is 0 Å². The lowest BCUT2D eigenvalue weighted by Gasteiger charge is -2.39. The molecular formula is C17H31N3. The van der Waals surface area contributed by atoms with E-state index in [-0.39, 0.29) is 5.41 Å². The molecule has 2 rings (SSSR count). The fourth-order valence-corrected chi connectivity index (χ4v) is 3.40. The van der Waals surface area contributed by atoms with Crippen molar-refractivity contribution in [3.05, 3.63) is 17.5 Å². The van der Waals surface area contributed by atoms with Crippen LogP contribution in [0.1, 0.15) is 71.6 Å². The predicted molar refractivity (Wildman–Crippen MR) is 84.8 cm³/mol. The maximum atomic E-state index is 4.66. The maximum Gasteiger partial charge on any atom is 0.0722 e. The van der Waals surface area contributed by atoms with Crippen molar-refractivity contribution >= 4 is 0 Å². The lowest BCUT2D eigenvalue weighted by atomic mass is 9.73. The summed E-state index contributed by atoms with van der Waals surface area (Å²) in [4.78, 5) is 0. The van der Waals surface area contributed by atoms with E-state index in [0.29, 0.717) is 11.5 Å². The first-order valence-corrected chi connectivity index (χ1v) is 7.96. The summed E-state index contributed by atoms with van der Waals surface area (Å²) in [6.07, 6.45) is 7.55. The van der Waals surface area contributed by atoms with Crippen molar-refractivity contribution in [3.63, 3.8) is 0 Å². The van der Waals surface area contributed by atoms with Gasteiger partial charge in [0.05, 0.1) is 5.69 Å². The summed E-state index contributed by atoms with van der Waals surface area (Å²) in [5, 5.41) is 8.46. The molecule has 0 spiro atoms. The van der Waals surface area contributed by atoms with Gasteiger partial charge < -0.3 is 5.32 Å². The summed E-state index contributed by atoms with van der Waals surface area (Å²) < 4.78 is 1.95. The molecule has 3 heteroatoms. The van der Waals surface area contributed by atoms with Crippen molar-refractivity contribution < 1.29 is 0 Å². The smallest absolute Gasteiger partial charge is 0.0722 e. The molecule has 1 unspecified atom stereocenters. The lowest BCUT2D eigenvalue weighted by molar-refractivity contribution is 0.166. The van der Waals surface area contributed by atoms with E-state index in [1.807, 2.05) is 11.7 Å². The van der Waals surface area contributed by atoms with Crippen LogP contribution < -0.4 is 5.32 Å². The van der Waals surface area contributed by atoms with Crippen molar-refractivity contribution in [1.82, 2.24) is 15.1 Å². The number of rotatable bonds is 3. The van der Waals surface area contributed by atoms with Crippen LogP contribution in [-0.4, -0.2) is 15.8 Å². The molecule has 0 bridgehead atoms. The highest BCUT2D eigenvalue weighted by atomic mass is 15.3. The topological polar surface area (TPSA) is 29.9 Å². The van der Waals surface area contributed by atoms with Gasteiger partial charge in [-0.1, -0.05) is 47.5 Å². The minimum absolute atomic E-state index is 0.111. The van der Waals surface area contributed by atoms with E-state index in [1.165, 1.54) is 36.9 Å². The minimum atomic E-state index is 0.111. The molecule has 1 N–H and O–H groups in total. The van der Waals surface area contributed by atoms with Gasteiger partial charge in [-0.2, -0.15) is 5.10 Å². The quantitative estimate of drug-likeness (QED) is 0.911. The van der Waals surface area contributed by atoms with Gasteiger partial charge in [-0.25, -0.2) is 0 Å². The largest absolute Gasteiger partial charge is 0.309 e. The van der Waals surface area contributed by atoms with Gasteiger partial charge in [0.25, 0.3) is 0 Å². The van der Waals surface area contributed by atoms with Gasteiger partial charge in [0.1, 0.15) is 0 Å². The monoisotopic (exact) mass is 277 g/mol. The number of aromatic nitrogens is 2. The van der Waals surface area contributed by atoms with Crippen molar-refractivity contribution in [3.8, 4) is 0 Å². The van der Waals surface area contributed by atoms with E-state index in [1.54, 1.807) is 0 Å². The van der Waals surface area contributed by atoms with Crippen LogP contribution in [0.3, 0.4) is 0 Å². The Labute approximate surface area is 124 Å². The molecule has 1 atom stereocenters. The second kappa shape index (κ2) is 5.51. The van der Waals surface area contributed by atoms with Crippen LogP contribution in [-0.2, 0) is 19.0 Å². The van der Waals surface area contributed by atoms with Gasteiger partial charge >= 0.3 is 0 Å². The molecule has 0 aliphatic heterocycles. The van der Waals surface area contributed by atoms with Gasteiger partial charge in [0, 0.05) is 36.8 Å². The van der Waals surface area contributed by atoms with Crippen LogP contribution in [0.2, 0.25) is 0 Å². The van der Waals surface area contributed by atoms with E-state index in [4.69, 9.17) is 0 Å². The highest BCUT2D eigenvalue weighted by Crippen LogP contribution is 2.35. The second-order valence-corrected chi connectivity index (χ2v) is 8.09. The summed E-state index contributed by atoms with van der Waals surface area (Å²) >= 11 is 0. The molecule has 114 valence electrons. The third kappa shape index (κ3) is 3.43. The maximum absolute atomic E-state index is 4.66. The predicted octanol–water partition coefficient (Wildman–Crippen LogP) is 3.78. The van der Waals surface area contributed by atoms with E-state index < -0.39 is 0 Å². The summed E-state index contributed by atoms with van der Waals surface area (Å²) in [7, 11) is 2.02. The SMILES string of the molecule is Cn1cc(CNC2CCCCC2(C)C)c(C(C)(C)C)n1. The Hall–Kier alpha value is -0.830. The van der Waals surface area contributed by atoms with Crippen molar-refractivity contribution in [2.45, 2.75) is 78.3 Å². The van der Waals surface area contributed by atoms with Crippen LogP contribution in [0.5, 0.6) is 0 Å². The van der Waals surface area contributed by atoms with Crippen LogP contribution in [0.15, 0.2) is 6.20 Å². The number of nitrogens with zero attached hydrogens (tertiary/aromatic N) is 2. The third-order valence-corrected chi connectivity index (χ3v) is 4.66. The normalized spacial score (nSPS) is 23.0. The first-order valence-electron chi connectivity index (χ1n) is 7.96. The van der Waals surface area contributed by atoms with Gasteiger partial charge in [0.15, 0.2) is 0 Å². The van der Waals surface area contributed by atoms with E-state index in [9.17, 15) is 0 Å². The summed E-state index contributed by atoms with van der Waals surface area (Å²) in [6, 6.07) is 0.629. The molecule has 1 aliphatic carbocycles. The van der Waals surface area contributed by atoms with Gasteiger partial charge in [-0.3, -0.25) is 4.68 Å². The first kappa shape index (κ1) is 15.6. The molecule has 1 saturated carbocycles. The average Bonchev–Trinajstić information content (AvgIpc) is 2.68. The molecule has 1 aliphatic rings. The highest BCUT2D eigenvalue weighted by molar-refractivity contribution is 5.24. The number of hydrogen-bond acceptors (Lipinski definition) is 2. The lowest BCUT2D eigenvalue weighted by Crippen LogP contribution is -2.43.